The molecule has 4 amide bonds. The maximum absolute atomic E-state index is 14.4. The molecule has 4 atom stereocenters. The van der Waals surface area contributed by atoms with Gasteiger partial charge >= 0.3 is 16.3 Å². The molecule has 1 aromatic carbocycles. The first-order valence-corrected chi connectivity index (χ1v) is 19.0. The predicted octanol–water partition coefficient (Wildman–Crippen LogP) is 2.84. The Labute approximate surface area is 298 Å². The van der Waals surface area contributed by atoms with Crippen LogP contribution in [-0.2, 0) is 29.3 Å². The second-order valence-electron chi connectivity index (χ2n) is 14.9. The van der Waals surface area contributed by atoms with E-state index in [9.17, 15) is 27.6 Å². The van der Waals surface area contributed by atoms with Crippen molar-refractivity contribution in [2.24, 2.45) is 0 Å². The highest BCUT2D eigenvalue weighted by molar-refractivity contribution is 7.87. The summed E-state index contributed by atoms with van der Waals surface area (Å²) >= 11 is 0. The number of amides is 4. The van der Waals surface area contributed by atoms with Crippen molar-refractivity contribution in [2.45, 2.75) is 114 Å². The molecule has 3 fully saturated rings. The average molecular weight is 726 g/mol. The van der Waals surface area contributed by atoms with Crippen molar-refractivity contribution in [1.82, 2.24) is 34.1 Å². The predicted molar refractivity (Wildman–Crippen MR) is 187 cm³/mol. The molecule has 4 aliphatic rings. The molecule has 2 aliphatic heterocycles. The van der Waals surface area contributed by atoms with Crippen LogP contribution < -0.4 is 20.1 Å². The normalized spacial score (nSPS) is 26.0. The van der Waals surface area contributed by atoms with Crippen molar-refractivity contribution >= 4 is 45.1 Å². The lowest BCUT2D eigenvalue weighted by molar-refractivity contribution is -0.141. The van der Waals surface area contributed by atoms with Crippen LogP contribution in [0, 0.1) is 0 Å². The van der Waals surface area contributed by atoms with Crippen molar-refractivity contribution in [3.05, 3.63) is 41.6 Å². The molecule has 1 unspecified atom stereocenters. The Bertz CT molecular complexity index is 1890. The van der Waals surface area contributed by atoms with E-state index in [4.69, 9.17) is 14.5 Å². The summed E-state index contributed by atoms with van der Waals surface area (Å²) in [6.07, 6.45) is 5.46. The van der Waals surface area contributed by atoms with Gasteiger partial charge in [-0.15, -0.1) is 5.73 Å². The molecular weight excluding hydrogens is 678 g/mol. The van der Waals surface area contributed by atoms with Crippen molar-refractivity contribution < 1.29 is 37.1 Å². The smallest absolute Gasteiger partial charge is 0.408 e. The molecule has 0 spiro atoms. The minimum atomic E-state index is -4.18. The Kier molecular flexibility index (Phi) is 9.96. The van der Waals surface area contributed by atoms with Gasteiger partial charge in [-0.05, 0) is 71.1 Å². The van der Waals surface area contributed by atoms with E-state index in [1.807, 2.05) is 24.3 Å². The van der Waals surface area contributed by atoms with E-state index >= 15 is 0 Å². The van der Waals surface area contributed by atoms with Gasteiger partial charge in [0, 0.05) is 38.6 Å². The molecule has 15 nitrogen and oxygen atoms in total. The Morgan fingerprint density at radius 2 is 1.84 bits per heavy atom. The van der Waals surface area contributed by atoms with Gasteiger partial charge in [-0.1, -0.05) is 25.0 Å². The van der Waals surface area contributed by atoms with Gasteiger partial charge in [-0.2, -0.15) is 17.7 Å². The van der Waals surface area contributed by atoms with Crippen molar-refractivity contribution in [3.8, 4) is 6.01 Å². The maximum atomic E-state index is 14.4. The zero-order valence-corrected chi connectivity index (χ0v) is 30.5. The lowest BCUT2D eigenvalue weighted by Gasteiger charge is -2.30. The standard InChI is InChI=1S/C35H47N7O8S/c1-34(2,3)50-33(46)37-26-15-10-8-6-7-9-13-22-20-35(22,31(45)39-51(47,48)40(4)5)38-29(43)28-19-24(21-41(28)30(26)44)49-32-36-25-14-11-12-16-27(25)42(32)23-17-18-23/h9,11-12,14,16,23-24,26,28H,6-8,10,15,17-21H2,1-5H3,(H,37,46)(H,38,43)(H,39,45)/t13?,24-,26?,28+,35-/m1/s1. The van der Waals surface area contributed by atoms with Crippen LogP contribution in [0.4, 0.5) is 4.79 Å². The van der Waals surface area contributed by atoms with Gasteiger partial charge < -0.3 is 25.0 Å². The third-order valence-corrected chi connectivity index (χ3v) is 10.9. The minimum Gasteiger partial charge on any atom is -0.459 e. The number of hydrogen-bond donors (Lipinski definition) is 3. The Balaban J connectivity index is 1.33. The quantitative estimate of drug-likeness (QED) is 0.362. The second-order valence-corrected chi connectivity index (χ2v) is 16.8. The monoisotopic (exact) mass is 725 g/mol. The van der Waals surface area contributed by atoms with Crippen LogP contribution in [0.5, 0.6) is 6.01 Å². The number of imidazole rings is 1. The number of carbonyl (C=O) groups is 4. The summed E-state index contributed by atoms with van der Waals surface area (Å²) in [7, 11) is -1.61. The van der Waals surface area contributed by atoms with Crippen LogP contribution in [0.2, 0.25) is 0 Å². The first kappa shape index (κ1) is 36.4. The van der Waals surface area contributed by atoms with Crippen LogP contribution >= 0.6 is 0 Å². The fraction of sp³-hybridized carbons (Fsp3) is 0.600. The first-order chi connectivity index (χ1) is 24.1. The summed E-state index contributed by atoms with van der Waals surface area (Å²) in [5, 5.41) is 5.52. The number of nitrogens with one attached hydrogen (secondary N) is 3. The van der Waals surface area contributed by atoms with Gasteiger partial charge in [0.15, 0.2) is 5.54 Å². The van der Waals surface area contributed by atoms with E-state index in [2.05, 4.69) is 25.7 Å². The summed E-state index contributed by atoms with van der Waals surface area (Å²) in [5.41, 5.74) is 2.77. The molecule has 2 aromatic rings. The molecule has 0 bridgehead atoms. The number of fused-ring (bicyclic) bond motifs is 3. The molecule has 276 valence electrons. The zero-order valence-electron chi connectivity index (χ0n) is 29.7. The summed E-state index contributed by atoms with van der Waals surface area (Å²) in [6.45, 7) is 5.19. The lowest BCUT2D eigenvalue weighted by Crippen LogP contribution is -2.58. The van der Waals surface area contributed by atoms with Crippen molar-refractivity contribution in [1.29, 1.82) is 0 Å². The van der Waals surface area contributed by atoms with Gasteiger partial charge in [0.1, 0.15) is 23.8 Å². The van der Waals surface area contributed by atoms with Crippen LogP contribution in [-0.4, -0.2) is 101 Å². The number of nitrogens with zero attached hydrogens (tertiary/aromatic N) is 4. The number of para-hydroxylation sites is 2. The summed E-state index contributed by atoms with van der Waals surface area (Å²) in [5.74, 6) is -2.07. The van der Waals surface area contributed by atoms with Crippen molar-refractivity contribution in [3.63, 3.8) is 0 Å². The van der Waals surface area contributed by atoms with E-state index < -0.39 is 63.4 Å². The van der Waals surface area contributed by atoms with E-state index in [1.165, 1.54) is 19.0 Å². The zero-order chi connectivity index (χ0) is 36.7. The summed E-state index contributed by atoms with van der Waals surface area (Å²) < 4.78 is 42.2. The van der Waals surface area contributed by atoms with Crippen LogP contribution in [0.15, 0.2) is 41.6 Å². The van der Waals surface area contributed by atoms with Gasteiger partial charge in [-0.3, -0.25) is 19.0 Å². The van der Waals surface area contributed by atoms with E-state index in [0.29, 0.717) is 30.8 Å². The average Bonchev–Trinajstić information content (AvgIpc) is 3.93. The molecule has 1 aromatic heterocycles. The third-order valence-electron chi connectivity index (χ3n) is 9.46. The fourth-order valence-electron chi connectivity index (χ4n) is 6.57. The molecule has 3 heterocycles. The van der Waals surface area contributed by atoms with Gasteiger partial charge in [0.2, 0.25) is 11.8 Å². The van der Waals surface area contributed by atoms with E-state index in [0.717, 1.165) is 41.0 Å². The highest BCUT2D eigenvalue weighted by Crippen LogP contribution is 2.44. The van der Waals surface area contributed by atoms with Gasteiger partial charge in [-0.25, -0.2) is 9.52 Å². The molecule has 1 saturated heterocycles. The fourth-order valence-corrected chi connectivity index (χ4v) is 7.16. The van der Waals surface area contributed by atoms with Gasteiger partial charge in [0.25, 0.3) is 11.9 Å². The Morgan fingerprint density at radius 3 is 2.55 bits per heavy atom. The second kappa shape index (κ2) is 14.0. The Hall–Kier alpha value is -4.40. The highest BCUT2D eigenvalue weighted by Gasteiger charge is 2.59. The number of ether oxygens (including phenoxy) is 2. The molecular formula is C35H47N7O8S. The number of aromatic nitrogens is 2. The van der Waals surface area contributed by atoms with Gasteiger partial charge in [0.05, 0.1) is 17.6 Å². The summed E-state index contributed by atoms with van der Waals surface area (Å²) in [6, 6.07) is 6.23. The molecule has 3 N–H and O–H groups in total. The summed E-state index contributed by atoms with van der Waals surface area (Å²) in [4.78, 5) is 61.3. The number of alkyl carbamates (subject to hydrolysis) is 1. The Morgan fingerprint density at radius 1 is 1.10 bits per heavy atom. The first-order valence-electron chi connectivity index (χ1n) is 17.5. The van der Waals surface area contributed by atoms with Crippen LogP contribution in [0.25, 0.3) is 11.0 Å². The van der Waals surface area contributed by atoms with Crippen LogP contribution in [0.3, 0.4) is 0 Å². The SMILES string of the molecule is CN(C)S(=O)(=O)NC(=O)[C@@]12CC1=C=CCCCCCC(NC(=O)OC(C)(C)C)C(=O)N1C[C@H](Oc3nc4ccccc4n3C3CC3)C[C@H]1C(=O)N2. The van der Waals surface area contributed by atoms with E-state index in [1.54, 1.807) is 26.8 Å². The molecule has 2 saturated carbocycles. The van der Waals surface area contributed by atoms with Crippen LogP contribution in [0.1, 0.15) is 84.6 Å². The molecule has 51 heavy (non-hydrogen) atoms. The lowest BCUT2D eigenvalue weighted by atomic mass is 10.1. The maximum Gasteiger partial charge on any atom is 0.408 e. The molecule has 16 heteroatoms. The molecule has 0 radical (unpaired) electrons. The highest BCUT2D eigenvalue weighted by atomic mass is 32.2. The number of hydrogen-bond acceptors (Lipinski definition) is 9. The number of rotatable bonds is 7. The third kappa shape index (κ3) is 8.08. The van der Waals surface area contributed by atoms with Crippen molar-refractivity contribution in [2.75, 3.05) is 20.6 Å². The molecule has 6 rings (SSSR count). The topological polar surface area (TPSA) is 181 Å². The molecule has 2 aliphatic carbocycles. The largest absolute Gasteiger partial charge is 0.459 e. The number of carbonyl (C=O) groups excluding carboxylic acids is 4. The van der Waals surface area contributed by atoms with E-state index in [-0.39, 0.29) is 25.4 Å². The number of benzene rings is 1. The minimum absolute atomic E-state index is 0.00803.